The molecule has 15 nitrogen and oxygen atoms in total. The van der Waals surface area contributed by atoms with E-state index in [9.17, 15) is 33.6 Å². The summed E-state index contributed by atoms with van der Waals surface area (Å²) in [5.74, 6) is 2.20. The normalized spacial score (nSPS) is 13.6. The summed E-state index contributed by atoms with van der Waals surface area (Å²) in [6.45, 7) is 11.3. The monoisotopic (exact) mass is 1450 g/mol. The number of aromatic hydroxyl groups is 1. The molecule has 0 bridgehead atoms. The first-order valence-corrected chi connectivity index (χ1v) is 36.7. The molecule has 10 rings (SSSR count). The van der Waals surface area contributed by atoms with Gasteiger partial charge in [0.05, 0.1) is 42.3 Å². The maximum Gasteiger partial charge on any atom is 1.00 e. The fraction of sp³-hybridized carbons (Fsp3) is 0.393. The predicted octanol–water partition coefficient (Wildman–Crippen LogP) is 10.8. The molecule has 0 aliphatic heterocycles. The van der Waals surface area contributed by atoms with Crippen LogP contribution in [0.15, 0.2) is 181 Å². The van der Waals surface area contributed by atoms with Crippen LogP contribution in [-0.4, -0.2) is 131 Å². The van der Waals surface area contributed by atoms with Crippen LogP contribution in [0.1, 0.15) is 126 Å². The molecule has 0 radical (unpaired) electrons. The maximum absolute atomic E-state index is 11.5. The van der Waals surface area contributed by atoms with Crippen molar-refractivity contribution in [2.75, 3.05) is 49.3 Å². The Morgan fingerprint density at radius 3 is 1.40 bits per heavy atom. The minimum absolute atomic E-state index is 0. The van der Waals surface area contributed by atoms with Gasteiger partial charge in [-0.3, -0.25) is 33.6 Å². The Bertz CT molecular complexity index is 3920. The zero-order valence-electron chi connectivity index (χ0n) is 62.8. The summed E-state index contributed by atoms with van der Waals surface area (Å²) >= 11 is 3.43. The van der Waals surface area contributed by atoms with Crippen molar-refractivity contribution in [2.45, 2.75) is 161 Å². The van der Waals surface area contributed by atoms with E-state index in [1.54, 1.807) is 103 Å². The maximum atomic E-state index is 11.5. The molecule has 0 amide bonds. The zero-order chi connectivity index (χ0) is 74.2. The van der Waals surface area contributed by atoms with Gasteiger partial charge in [-0.15, -0.1) is 34.8 Å². The van der Waals surface area contributed by atoms with Crippen molar-refractivity contribution in [3.05, 3.63) is 219 Å². The first-order valence-electron chi connectivity index (χ1n) is 34.9. The zero-order valence-corrected chi connectivity index (χ0v) is 67.6. The summed E-state index contributed by atoms with van der Waals surface area (Å²) in [7, 11) is 12.7. The average Bonchev–Trinajstić information content (AvgIpc) is 1.43. The van der Waals surface area contributed by atoms with Gasteiger partial charge in [0.2, 0.25) is 0 Å². The van der Waals surface area contributed by atoms with Crippen LogP contribution in [0.25, 0.3) is 31.6 Å². The van der Waals surface area contributed by atoms with Crippen LogP contribution in [0.5, 0.6) is 5.75 Å². The third-order valence-corrected chi connectivity index (χ3v) is 19.9. The number of ketones is 7. The van der Waals surface area contributed by atoms with E-state index in [-0.39, 0.29) is 140 Å². The van der Waals surface area contributed by atoms with Gasteiger partial charge >= 0.3 is 51.4 Å². The standard InChI is InChI=1S/2C15H17NO.C13H15NOS.C11H14NO2.C11H21NO.C10H13NO.C9H13NOS.K/c1-11(17)15(16-2)10-13-8-5-7-12-6-3-4-9-14(12)13;1-11(17)15(16-2)10-12-7-8-13-5-3-4-6-14(13)9-12;1-9(15)12(14-2)7-10-8-16-13-6-4-3-5-11(10)13;1-8(13)11(12-2)7-9-3-5-10(14)6-4-9;1-9(13)11(12-2)8-10-6-4-3-5-7-10;1-8(12)10(11-2)9-6-4-3-5-7-9;1-7(11)9(10-2)6-8-4-3-5-12-8;/h2*3-9,15-16H,10H2,1-2H3;3-6,8,12,14H,7H2,1-2H3;3-5,11-12,14H,7H2,1-2H3;10-12H,3-8H2,1-2H3;3-7,10-11H,1-2H3;3-5,9-10H,6H2,1-2H3;/q;;;-1;;;;+1/t2*15-;12-;2*11-;10-;9-;/m0000010./s1. The Labute approximate surface area is 657 Å². The molecule has 8 N–H and O–H groups in total. The van der Waals surface area contributed by atoms with Gasteiger partial charge in [0.25, 0.3) is 0 Å². The third-order valence-electron chi connectivity index (χ3n) is 18.0. The fourth-order valence-corrected chi connectivity index (χ4v) is 13.6. The van der Waals surface area contributed by atoms with Gasteiger partial charge in [0, 0.05) is 21.7 Å². The molecule has 1 aliphatic rings. The van der Waals surface area contributed by atoms with Gasteiger partial charge < -0.3 is 42.3 Å². The second kappa shape index (κ2) is 50.1. The van der Waals surface area contributed by atoms with E-state index in [0.29, 0.717) is 6.42 Å². The van der Waals surface area contributed by atoms with Crippen LogP contribution in [0, 0.1) is 12.0 Å². The summed E-state index contributed by atoms with van der Waals surface area (Å²) in [5, 5.41) is 40.6. The Morgan fingerprint density at radius 2 is 0.892 bits per heavy atom. The molecule has 102 heavy (non-hydrogen) atoms. The van der Waals surface area contributed by atoms with E-state index >= 15 is 0 Å². The SMILES string of the molecule is CN[C@@H](CC1CCCCC1)C(C)=O.CN[C@@H](Cc1c[c-]c(O)cc1)C(C)=O.CN[C@@H](Cc1ccc2ccccc2c1)C(C)=O.CN[C@@H](Cc1cccc2ccccc12)C(C)=O.CN[C@@H](Cc1cccs1)C(C)=O.CN[C@@H](Cc1csc2ccccc12)C(C)=O.CN[C@H](C(C)=O)c1ccccc1.[K+]. The number of phenolic OH excluding ortho intramolecular Hbond substituents is 1. The van der Waals surface area contributed by atoms with Crippen molar-refractivity contribution in [1.29, 1.82) is 0 Å². The van der Waals surface area contributed by atoms with E-state index in [4.69, 9.17) is 5.11 Å². The quantitative estimate of drug-likeness (QED) is 0.0177. The smallest absolute Gasteiger partial charge is 0.534 e. The van der Waals surface area contributed by atoms with Crippen molar-refractivity contribution in [3.8, 4) is 5.75 Å². The second-order valence-electron chi connectivity index (χ2n) is 25.5. The number of phenols is 1. The third kappa shape index (κ3) is 32.3. The summed E-state index contributed by atoms with van der Waals surface area (Å²) in [5.41, 5.74) is 5.68. The molecule has 7 atom stereocenters. The summed E-state index contributed by atoms with van der Waals surface area (Å²) in [6.07, 6.45) is 11.5. The number of rotatable bonds is 27. The van der Waals surface area contributed by atoms with Gasteiger partial charge in [0.1, 0.15) is 34.7 Å². The van der Waals surface area contributed by atoms with Gasteiger partial charge in [0.15, 0.2) is 5.78 Å². The Hall–Kier alpha value is -6.43. The number of likely N-dealkylation sites (N-methyl/N-ethyl adjacent to an activating group) is 7. The van der Waals surface area contributed by atoms with Crippen molar-refractivity contribution in [3.63, 3.8) is 0 Å². The van der Waals surface area contributed by atoms with Crippen LogP contribution in [0.3, 0.4) is 0 Å². The number of carbonyl (C=O) groups excluding carboxylic acids is 7. The Kier molecular flexibility index (Phi) is 44.1. The van der Waals surface area contributed by atoms with E-state index in [1.807, 2.05) is 119 Å². The minimum Gasteiger partial charge on any atom is -0.534 e. The van der Waals surface area contributed by atoms with Gasteiger partial charge in [-0.2, -0.15) is 17.7 Å². The summed E-state index contributed by atoms with van der Waals surface area (Å²) < 4.78 is 1.29. The molecule has 1 fully saturated rings. The summed E-state index contributed by atoms with van der Waals surface area (Å²) in [6, 6.07) is 58.5. The van der Waals surface area contributed by atoms with E-state index in [1.165, 1.54) is 85.3 Å². The topological polar surface area (TPSA) is 224 Å². The van der Waals surface area contributed by atoms with Crippen molar-refractivity contribution < 1.29 is 90.1 Å². The second-order valence-corrected chi connectivity index (χ2v) is 27.4. The molecular formula is C84H110KN7O8S2. The number of carbonyl (C=O) groups is 7. The number of thiophene rings is 2. The number of fused-ring (bicyclic) bond motifs is 3. The molecule has 9 aromatic rings. The minimum atomic E-state index is -0.161. The Morgan fingerprint density at radius 1 is 0.422 bits per heavy atom. The first-order chi connectivity index (χ1) is 48.5. The van der Waals surface area contributed by atoms with Crippen LogP contribution in [0.4, 0.5) is 0 Å². The first kappa shape index (κ1) is 89.8. The van der Waals surface area contributed by atoms with Gasteiger partial charge in [-0.1, -0.05) is 178 Å². The molecule has 542 valence electrons. The van der Waals surface area contributed by atoms with Crippen molar-refractivity contribution in [2.24, 2.45) is 5.92 Å². The molecule has 1 saturated carbocycles. The molecule has 7 aromatic carbocycles. The van der Waals surface area contributed by atoms with Crippen LogP contribution < -0.4 is 88.6 Å². The van der Waals surface area contributed by atoms with Crippen LogP contribution >= 0.6 is 22.7 Å². The molecule has 2 aromatic heterocycles. The molecule has 0 spiro atoms. The van der Waals surface area contributed by atoms with Gasteiger partial charge in [-0.05, 0) is 201 Å². The van der Waals surface area contributed by atoms with E-state index < -0.39 is 0 Å². The molecular weight excluding hydrogens is 1340 g/mol. The Balaban J connectivity index is 0.000000310. The molecule has 18 heteroatoms. The van der Waals surface area contributed by atoms with E-state index in [0.717, 1.165) is 49.1 Å². The predicted molar refractivity (Wildman–Crippen MR) is 421 cm³/mol. The average molecular weight is 1450 g/mol. The number of hydrogen-bond donors (Lipinski definition) is 8. The fourth-order valence-electron chi connectivity index (χ4n) is 11.9. The van der Waals surface area contributed by atoms with Gasteiger partial charge in [-0.25, -0.2) is 0 Å². The van der Waals surface area contributed by atoms with Crippen molar-refractivity contribution in [1.82, 2.24) is 37.2 Å². The van der Waals surface area contributed by atoms with E-state index in [2.05, 4.69) is 121 Å². The van der Waals surface area contributed by atoms with Crippen LogP contribution in [-0.2, 0) is 65.7 Å². The molecule has 0 saturated heterocycles. The number of Topliss-reactive ketones (excluding diaryl/α,β-unsaturated/α-hetero) is 7. The molecule has 0 unspecified atom stereocenters. The number of nitrogens with one attached hydrogen (secondary N) is 7. The molecule has 1 aliphatic carbocycles. The largest absolute Gasteiger partial charge is 1.00 e. The molecule has 2 heterocycles. The van der Waals surface area contributed by atoms with Crippen molar-refractivity contribution >= 4 is 94.8 Å². The number of hydrogen-bond acceptors (Lipinski definition) is 17. The number of benzene rings is 7. The summed E-state index contributed by atoms with van der Waals surface area (Å²) in [4.78, 5) is 79.9. The van der Waals surface area contributed by atoms with Crippen LogP contribution in [0.2, 0.25) is 0 Å².